The quantitative estimate of drug-likeness (QED) is 0.777. The van der Waals surface area contributed by atoms with E-state index in [9.17, 15) is 15.0 Å². The number of nitrogens with one attached hydrogen (secondary N) is 1. The van der Waals surface area contributed by atoms with Gasteiger partial charge >= 0.3 is 0 Å². The van der Waals surface area contributed by atoms with Gasteiger partial charge in [-0.15, -0.1) is 0 Å². The van der Waals surface area contributed by atoms with Gasteiger partial charge < -0.3 is 20.3 Å². The van der Waals surface area contributed by atoms with Crippen LogP contribution in [-0.2, 0) is 16.6 Å². The number of aromatic hydroxyl groups is 1. The minimum atomic E-state index is -1.03. The van der Waals surface area contributed by atoms with Crippen molar-refractivity contribution >= 4 is 5.78 Å². The van der Waals surface area contributed by atoms with E-state index in [-0.39, 0.29) is 17.6 Å². The van der Waals surface area contributed by atoms with E-state index in [1.807, 2.05) is 13.0 Å². The van der Waals surface area contributed by atoms with Crippen LogP contribution in [0.3, 0.4) is 0 Å². The Balaban J connectivity index is 1.69. The number of phenolic OH excluding ortho intramolecular Hbond substituents is 1. The number of phenols is 1. The Hall–Kier alpha value is -1.59. The molecule has 0 spiro atoms. The molecule has 3 N–H and O–H groups in total. The van der Waals surface area contributed by atoms with Crippen LogP contribution in [0.25, 0.3) is 0 Å². The molecule has 0 radical (unpaired) electrons. The highest BCUT2D eigenvalue weighted by Gasteiger charge is 2.70. The first-order chi connectivity index (χ1) is 12.0. The van der Waals surface area contributed by atoms with E-state index < -0.39 is 17.1 Å². The zero-order valence-electron chi connectivity index (χ0n) is 14.5. The van der Waals surface area contributed by atoms with Gasteiger partial charge in [0.15, 0.2) is 23.4 Å². The molecule has 2 saturated carbocycles. The van der Waals surface area contributed by atoms with Gasteiger partial charge in [0.05, 0.1) is 11.0 Å². The Morgan fingerprint density at radius 2 is 2.16 bits per heavy atom. The minimum Gasteiger partial charge on any atom is -0.504 e. The molecule has 0 saturated heterocycles. The lowest BCUT2D eigenvalue weighted by Crippen LogP contribution is -2.72. The third-order valence-corrected chi connectivity index (χ3v) is 7.08. The van der Waals surface area contributed by atoms with Crippen molar-refractivity contribution in [1.82, 2.24) is 5.32 Å². The molecule has 4 aliphatic rings. The van der Waals surface area contributed by atoms with Gasteiger partial charge in [0, 0.05) is 18.0 Å². The summed E-state index contributed by atoms with van der Waals surface area (Å²) in [5.74, 6) is 1.24. The van der Waals surface area contributed by atoms with Gasteiger partial charge in [-0.25, -0.2) is 0 Å². The third-order valence-electron chi connectivity index (χ3n) is 7.08. The monoisotopic (exact) mass is 343 g/mol. The summed E-state index contributed by atoms with van der Waals surface area (Å²) in [7, 11) is 0. The van der Waals surface area contributed by atoms with E-state index in [0.29, 0.717) is 31.4 Å². The average molecular weight is 343 g/mol. The van der Waals surface area contributed by atoms with Crippen molar-refractivity contribution in [3.8, 4) is 11.5 Å². The second-order valence-electron chi connectivity index (χ2n) is 8.27. The van der Waals surface area contributed by atoms with Crippen LogP contribution in [0.2, 0.25) is 0 Å². The molecule has 5 nitrogen and oxygen atoms in total. The lowest BCUT2D eigenvalue weighted by Gasteiger charge is -2.56. The van der Waals surface area contributed by atoms with Crippen molar-refractivity contribution in [2.24, 2.45) is 5.92 Å². The topological polar surface area (TPSA) is 78.8 Å². The molecule has 1 aromatic carbocycles. The van der Waals surface area contributed by atoms with Gasteiger partial charge in [-0.2, -0.15) is 0 Å². The predicted molar refractivity (Wildman–Crippen MR) is 91.9 cm³/mol. The van der Waals surface area contributed by atoms with Crippen molar-refractivity contribution in [2.45, 2.75) is 68.6 Å². The smallest absolute Gasteiger partial charge is 0.174 e. The Bertz CT molecular complexity index is 758. The number of ether oxygens (including phenoxy) is 1. The van der Waals surface area contributed by atoms with E-state index in [0.717, 1.165) is 23.6 Å². The summed E-state index contributed by atoms with van der Waals surface area (Å²) in [5, 5.41) is 25.8. The second-order valence-corrected chi connectivity index (χ2v) is 8.27. The normalized spacial score (nSPS) is 38.4. The van der Waals surface area contributed by atoms with Crippen LogP contribution in [0.5, 0.6) is 11.5 Å². The maximum Gasteiger partial charge on any atom is 0.174 e. The van der Waals surface area contributed by atoms with Crippen LogP contribution in [0.4, 0.5) is 0 Å². The zero-order valence-corrected chi connectivity index (χ0v) is 14.5. The molecule has 0 amide bonds. The molecular weight excluding hydrogens is 318 g/mol. The van der Waals surface area contributed by atoms with Gasteiger partial charge in [0.2, 0.25) is 0 Å². The number of carbonyl (C=O) groups is 1. The maximum atomic E-state index is 12.7. The predicted octanol–water partition coefficient (Wildman–Crippen LogP) is 1.82. The van der Waals surface area contributed by atoms with Crippen LogP contribution in [0, 0.1) is 5.92 Å². The Morgan fingerprint density at radius 3 is 2.88 bits per heavy atom. The number of hydrogen-bond acceptors (Lipinski definition) is 5. The Kier molecular flexibility index (Phi) is 3.12. The van der Waals surface area contributed by atoms with Crippen LogP contribution in [-0.4, -0.2) is 40.3 Å². The van der Waals surface area contributed by atoms with E-state index in [4.69, 9.17) is 4.74 Å². The van der Waals surface area contributed by atoms with Gasteiger partial charge in [0.1, 0.15) is 0 Å². The summed E-state index contributed by atoms with van der Waals surface area (Å²) in [6.45, 7) is 2.94. The molecule has 134 valence electrons. The van der Waals surface area contributed by atoms with Crippen molar-refractivity contribution < 1.29 is 19.7 Å². The fourth-order valence-corrected chi connectivity index (χ4v) is 5.61. The van der Waals surface area contributed by atoms with E-state index >= 15 is 0 Å². The number of Topliss-reactive ketones (excluding diaryl/α,β-unsaturated/α-hetero) is 1. The Labute approximate surface area is 147 Å². The first-order valence-electron chi connectivity index (χ1n) is 9.51. The van der Waals surface area contributed by atoms with E-state index in [2.05, 4.69) is 5.32 Å². The lowest BCUT2D eigenvalue weighted by atomic mass is 9.51. The molecule has 25 heavy (non-hydrogen) atoms. The number of aliphatic hydroxyl groups is 1. The van der Waals surface area contributed by atoms with Crippen LogP contribution >= 0.6 is 0 Å². The first kappa shape index (κ1) is 15.6. The molecule has 2 fully saturated rings. The minimum absolute atomic E-state index is 0.0379. The highest BCUT2D eigenvalue weighted by atomic mass is 16.5. The zero-order chi connectivity index (χ0) is 17.4. The summed E-state index contributed by atoms with van der Waals surface area (Å²) in [4.78, 5) is 12.7. The molecule has 4 atom stereocenters. The summed E-state index contributed by atoms with van der Waals surface area (Å²) in [6, 6.07) is 3.50. The molecular formula is C20H25NO4. The van der Waals surface area contributed by atoms with Crippen molar-refractivity contribution in [1.29, 1.82) is 0 Å². The van der Waals surface area contributed by atoms with Crippen molar-refractivity contribution in [3.05, 3.63) is 23.3 Å². The highest BCUT2D eigenvalue weighted by molar-refractivity contribution is 5.89. The van der Waals surface area contributed by atoms with Crippen LogP contribution in [0.1, 0.15) is 50.2 Å². The standard InChI is InChI=1S/C20H25NO4/c1-2-19-16-12-5-6-13(22)17(16)25-18(19)14(23)7-8-20(19,24)15(9-12)21-10-11-3-4-11/h5-6,11,15,18,21-22,24H,2-4,7-10H2,1H3. The fourth-order valence-electron chi connectivity index (χ4n) is 5.61. The molecule has 1 aliphatic heterocycles. The van der Waals surface area contributed by atoms with Crippen LogP contribution in [0.15, 0.2) is 12.1 Å². The first-order valence-corrected chi connectivity index (χ1v) is 9.51. The summed E-state index contributed by atoms with van der Waals surface area (Å²) in [5.41, 5.74) is 0.178. The summed E-state index contributed by atoms with van der Waals surface area (Å²) >= 11 is 0. The van der Waals surface area contributed by atoms with Crippen molar-refractivity contribution in [2.75, 3.05) is 6.54 Å². The number of rotatable bonds is 4. The number of benzene rings is 1. The molecule has 3 aliphatic carbocycles. The fraction of sp³-hybridized carbons (Fsp3) is 0.650. The molecule has 5 rings (SSSR count). The highest BCUT2D eigenvalue weighted by Crippen LogP contribution is 2.62. The second kappa shape index (κ2) is 4.98. The van der Waals surface area contributed by atoms with Crippen LogP contribution < -0.4 is 10.1 Å². The van der Waals surface area contributed by atoms with E-state index in [1.165, 1.54) is 12.8 Å². The van der Waals surface area contributed by atoms with Gasteiger partial charge in [0.25, 0.3) is 0 Å². The molecule has 5 heteroatoms. The molecule has 1 heterocycles. The third kappa shape index (κ3) is 1.83. The van der Waals surface area contributed by atoms with Gasteiger partial charge in [-0.05, 0) is 56.2 Å². The molecule has 0 bridgehead atoms. The number of hydrogen-bond donors (Lipinski definition) is 3. The van der Waals surface area contributed by atoms with Gasteiger partial charge in [-0.1, -0.05) is 13.0 Å². The average Bonchev–Trinajstić information content (AvgIpc) is 3.35. The number of carbonyl (C=O) groups excluding carboxylic acids is 1. The lowest BCUT2D eigenvalue weighted by molar-refractivity contribution is -0.159. The molecule has 0 aromatic heterocycles. The summed E-state index contributed by atoms with van der Waals surface area (Å²) < 4.78 is 6.00. The van der Waals surface area contributed by atoms with Gasteiger partial charge in [-0.3, -0.25) is 4.79 Å². The summed E-state index contributed by atoms with van der Waals surface area (Å²) in [6.07, 6.45) is 3.93. The SMILES string of the molecule is CCC12c3c4ccc(O)c3OC1C(=O)CCC2(O)C(NCC1CC1)C4. The molecule has 4 unspecified atom stereocenters. The molecule has 1 aromatic rings. The Morgan fingerprint density at radius 1 is 1.36 bits per heavy atom. The van der Waals surface area contributed by atoms with Crippen molar-refractivity contribution in [3.63, 3.8) is 0 Å². The maximum absolute atomic E-state index is 12.7. The largest absolute Gasteiger partial charge is 0.504 e. The van der Waals surface area contributed by atoms with E-state index in [1.54, 1.807) is 6.07 Å². The number of ketones is 1.